The van der Waals surface area contributed by atoms with Crippen LogP contribution in [0.25, 0.3) is 0 Å². The van der Waals surface area contributed by atoms with Crippen LogP contribution < -0.4 is 16.2 Å². The minimum Gasteiger partial charge on any atom is -0.349 e. The SMILES string of the molecule is Cn1nc(C(=O)Nc2ccccc2C(=O)NC2CC2)ccc1=O. The van der Waals surface area contributed by atoms with Gasteiger partial charge in [0.15, 0.2) is 0 Å². The lowest BCUT2D eigenvalue weighted by molar-refractivity contribution is 0.0952. The topological polar surface area (TPSA) is 93.1 Å². The molecular formula is C16H16N4O3. The monoisotopic (exact) mass is 312 g/mol. The van der Waals surface area contributed by atoms with Crippen molar-refractivity contribution >= 4 is 17.5 Å². The van der Waals surface area contributed by atoms with Crippen molar-refractivity contribution in [2.45, 2.75) is 18.9 Å². The van der Waals surface area contributed by atoms with Crippen molar-refractivity contribution < 1.29 is 9.59 Å². The average Bonchev–Trinajstić information content (AvgIpc) is 3.34. The second kappa shape index (κ2) is 6.04. The molecular weight excluding hydrogens is 296 g/mol. The summed E-state index contributed by atoms with van der Waals surface area (Å²) in [5, 5.41) is 9.45. The van der Waals surface area contributed by atoms with Crippen LogP contribution >= 0.6 is 0 Å². The third-order valence-corrected chi connectivity index (χ3v) is 3.53. The van der Waals surface area contributed by atoms with Crippen LogP contribution in [-0.2, 0) is 7.05 Å². The van der Waals surface area contributed by atoms with Gasteiger partial charge in [-0.05, 0) is 31.0 Å². The fraction of sp³-hybridized carbons (Fsp3) is 0.250. The van der Waals surface area contributed by atoms with Gasteiger partial charge in [0.25, 0.3) is 17.4 Å². The number of para-hydroxylation sites is 1. The van der Waals surface area contributed by atoms with E-state index in [9.17, 15) is 14.4 Å². The molecule has 2 amide bonds. The van der Waals surface area contributed by atoms with Gasteiger partial charge in [-0.25, -0.2) is 4.68 Å². The second-order valence-corrected chi connectivity index (χ2v) is 5.43. The maximum atomic E-state index is 12.3. The summed E-state index contributed by atoms with van der Waals surface area (Å²) in [6, 6.07) is 9.64. The van der Waals surface area contributed by atoms with Crippen molar-refractivity contribution in [3.8, 4) is 0 Å². The fourth-order valence-electron chi connectivity index (χ4n) is 2.09. The first kappa shape index (κ1) is 15.0. The van der Waals surface area contributed by atoms with Crippen LogP contribution in [0, 0.1) is 0 Å². The zero-order valence-electron chi connectivity index (χ0n) is 12.6. The molecule has 118 valence electrons. The maximum absolute atomic E-state index is 12.3. The van der Waals surface area contributed by atoms with Gasteiger partial charge < -0.3 is 10.6 Å². The first-order chi connectivity index (χ1) is 11.0. The Kier molecular flexibility index (Phi) is 3.92. The number of benzene rings is 1. The molecule has 1 aromatic heterocycles. The Hall–Kier alpha value is -2.96. The van der Waals surface area contributed by atoms with Gasteiger partial charge in [0.1, 0.15) is 5.69 Å². The van der Waals surface area contributed by atoms with Crippen LogP contribution in [0.1, 0.15) is 33.7 Å². The van der Waals surface area contributed by atoms with E-state index in [0.717, 1.165) is 17.5 Å². The van der Waals surface area contributed by atoms with Gasteiger partial charge in [0.05, 0.1) is 11.3 Å². The number of nitrogens with one attached hydrogen (secondary N) is 2. The highest BCUT2D eigenvalue weighted by Crippen LogP contribution is 2.21. The molecule has 1 fully saturated rings. The Morgan fingerprint density at radius 1 is 1.13 bits per heavy atom. The van der Waals surface area contributed by atoms with E-state index < -0.39 is 5.91 Å². The summed E-state index contributed by atoms with van der Waals surface area (Å²) in [5.74, 6) is -0.691. The number of hydrogen-bond acceptors (Lipinski definition) is 4. The molecule has 23 heavy (non-hydrogen) atoms. The number of anilines is 1. The van der Waals surface area contributed by atoms with Gasteiger partial charge in [-0.3, -0.25) is 14.4 Å². The second-order valence-electron chi connectivity index (χ2n) is 5.43. The minimum absolute atomic E-state index is 0.101. The van der Waals surface area contributed by atoms with Gasteiger partial charge >= 0.3 is 0 Å². The van der Waals surface area contributed by atoms with E-state index in [-0.39, 0.29) is 23.2 Å². The standard InChI is InChI=1S/C16H16N4O3/c1-20-14(21)9-8-13(19-20)16(23)18-12-5-3-2-4-11(12)15(22)17-10-6-7-10/h2-5,8-10H,6-7H2,1H3,(H,17,22)(H,18,23). The normalized spacial score (nSPS) is 13.4. The first-order valence-electron chi connectivity index (χ1n) is 7.30. The Labute approximate surface area is 132 Å². The molecule has 0 radical (unpaired) electrons. The van der Waals surface area contributed by atoms with Gasteiger partial charge in [-0.15, -0.1) is 0 Å². The molecule has 0 unspecified atom stereocenters. The molecule has 7 nitrogen and oxygen atoms in total. The van der Waals surface area contributed by atoms with Crippen LogP contribution in [0.3, 0.4) is 0 Å². The van der Waals surface area contributed by atoms with E-state index >= 15 is 0 Å². The van der Waals surface area contributed by atoms with Crippen LogP contribution in [0.5, 0.6) is 0 Å². The highest BCUT2D eigenvalue weighted by atomic mass is 16.2. The number of rotatable bonds is 4. The molecule has 1 aliphatic rings. The first-order valence-corrected chi connectivity index (χ1v) is 7.30. The summed E-state index contributed by atoms with van der Waals surface area (Å²) in [7, 11) is 1.47. The summed E-state index contributed by atoms with van der Waals surface area (Å²) >= 11 is 0. The summed E-state index contributed by atoms with van der Waals surface area (Å²) in [6.07, 6.45) is 1.98. The summed E-state index contributed by atoms with van der Waals surface area (Å²) < 4.78 is 1.08. The molecule has 1 aromatic carbocycles. The van der Waals surface area contributed by atoms with E-state index in [0.29, 0.717) is 11.3 Å². The van der Waals surface area contributed by atoms with Crippen LogP contribution in [0.4, 0.5) is 5.69 Å². The molecule has 0 saturated heterocycles. The molecule has 1 aliphatic carbocycles. The van der Waals surface area contributed by atoms with Gasteiger partial charge in [0.2, 0.25) is 0 Å². The van der Waals surface area contributed by atoms with E-state index in [4.69, 9.17) is 0 Å². The highest BCUT2D eigenvalue weighted by Gasteiger charge is 2.25. The average molecular weight is 312 g/mol. The molecule has 0 atom stereocenters. The molecule has 0 spiro atoms. The van der Waals surface area contributed by atoms with Crippen LogP contribution in [-0.4, -0.2) is 27.6 Å². The highest BCUT2D eigenvalue weighted by molar-refractivity contribution is 6.08. The summed E-state index contributed by atoms with van der Waals surface area (Å²) in [4.78, 5) is 35.8. The van der Waals surface area contributed by atoms with Gasteiger partial charge in [-0.1, -0.05) is 12.1 Å². The Morgan fingerprint density at radius 3 is 2.57 bits per heavy atom. The molecule has 2 N–H and O–H groups in total. The van der Waals surface area contributed by atoms with E-state index in [1.54, 1.807) is 24.3 Å². The van der Waals surface area contributed by atoms with E-state index in [1.165, 1.54) is 19.2 Å². The lowest BCUT2D eigenvalue weighted by atomic mass is 10.1. The number of aryl methyl sites for hydroxylation is 1. The number of hydrogen-bond donors (Lipinski definition) is 2. The lowest BCUT2D eigenvalue weighted by Gasteiger charge is -2.11. The quantitative estimate of drug-likeness (QED) is 0.878. The van der Waals surface area contributed by atoms with Gasteiger partial charge in [-0.2, -0.15) is 5.10 Å². The van der Waals surface area contributed by atoms with Crippen molar-refractivity contribution in [1.29, 1.82) is 0 Å². The van der Waals surface area contributed by atoms with Crippen molar-refractivity contribution in [3.63, 3.8) is 0 Å². The third-order valence-electron chi connectivity index (χ3n) is 3.53. The number of carbonyl (C=O) groups is 2. The smallest absolute Gasteiger partial charge is 0.276 e. The molecule has 2 aromatic rings. The van der Waals surface area contributed by atoms with E-state index in [2.05, 4.69) is 15.7 Å². The zero-order chi connectivity index (χ0) is 16.4. The van der Waals surface area contributed by atoms with E-state index in [1.807, 2.05) is 0 Å². The Balaban J connectivity index is 1.81. The molecule has 0 bridgehead atoms. The largest absolute Gasteiger partial charge is 0.349 e. The number of aromatic nitrogens is 2. The fourth-order valence-corrected chi connectivity index (χ4v) is 2.09. The van der Waals surface area contributed by atoms with Crippen LogP contribution in [0.2, 0.25) is 0 Å². The lowest BCUT2D eigenvalue weighted by Crippen LogP contribution is -2.27. The number of nitrogens with zero attached hydrogens (tertiary/aromatic N) is 2. The molecule has 1 saturated carbocycles. The Bertz CT molecular complexity index is 824. The molecule has 3 rings (SSSR count). The molecule has 0 aliphatic heterocycles. The van der Waals surface area contributed by atoms with Gasteiger partial charge in [0, 0.05) is 19.2 Å². The summed E-state index contributed by atoms with van der Waals surface area (Å²) in [5.41, 5.74) is 0.610. The van der Waals surface area contributed by atoms with Crippen LogP contribution in [0.15, 0.2) is 41.2 Å². The predicted octanol–water partition coefficient (Wildman–Crippen LogP) is 0.925. The number of amides is 2. The van der Waals surface area contributed by atoms with Crippen molar-refractivity contribution in [2.75, 3.05) is 5.32 Å². The van der Waals surface area contributed by atoms with Crippen molar-refractivity contribution in [1.82, 2.24) is 15.1 Å². The molecule has 7 heteroatoms. The molecule has 1 heterocycles. The maximum Gasteiger partial charge on any atom is 0.276 e. The minimum atomic E-state index is -0.479. The third kappa shape index (κ3) is 3.45. The summed E-state index contributed by atoms with van der Waals surface area (Å²) in [6.45, 7) is 0. The zero-order valence-corrected chi connectivity index (χ0v) is 12.6. The van der Waals surface area contributed by atoms with Crippen molar-refractivity contribution in [2.24, 2.45) is 7.05 Å². The number of carbonyl (C=O) groups excluding carboxylic acids is 2. The Morgan fingerprint density at radius 2 is 1.87 bits per heavy atom. The predicted molar refractivity (Wildman–Crippen MR) is 84.4 cm³/mol. The van der Waals surface area contributed by atoms with Crippen molar-refractivity contribution in [3.05, 3.63) is 58.0 Å².